The first-order valence-electron chi connectivity index (χ1n) is 7.51. The van der Waals surface area contributed by atoms with Gasteiger partial charge in [0.15, 0.2) is 0 Å². The summed E-state index contributed by atoms with van der Waals surface area (Å²) in [5.41, 5.74) is 4.83. The molecule has 116 valence electrons. The number of ether oxygens (including phenoxy) is 1. The molecule has 2 aliphatic rings. The van der Waals surface area contributed by atoms with E-state index in [0.29, 0.717) is 6.42 Å². The number of nitrogens with two attached hydrogens (primary N) is 1. The first kappa shape index (κ1) is 15.7. The molecular weight excluding hydrogens is 256 g/mol. The van der Waals surface area contributed by atoms with Crippen molar-refractivity contribution < 1.29 is 14.6 Å². The molecule has 5 nitrogen and oxygen atoms in total. The highest BCUT2D eigenvalue weighted by molar-refractivity contribution is 5.90. The Bertz CT molecular complexity index is 395. The Balaban J connectivity index is 2.15. The molecule has 0 spiro atoms. The average molecular weight is 284 g/mol. The number of carbonyl (C=O) groups excluding carboxylic acids is 1. The molecule has 1 saturated carbocycles. The van der Waals surface area contributed by atoms with Gasteiger partial charge in [-0.3, -0.25) is 4.79 Å². The SMILES string of the molecule is CC(C)(CCO)NC(=O)C1(N)C2CCCOC2C1(C)C. The number of aliphatic hydroxyl groups is 1. The maximum Gasteiger partial charge on any atom is 0.241 e. The van der Waals surface area contributed by atoms with Gasteiger partial charge >= 0.3 is 0 Å². The second kappa shape index (κ2) is 4.97. The second-order valence-corrected chi connectivity index (χ2v) is 7.44. The number of nitrogens with one attached hydrogen (secondary N) is 1. The molecule has 4 N–H and O–H groups in total. The monoisotopic (exact) mass is 284 g/mol. The molecule has 1 saturated heterocycles. The molecule has 1 aliphatic carbocycles. The maximum absolute atomic E-state index is 12.7. The Morgan fingerprint density at radius 1 is 1.50 bits per heavy atom. The van der Waals surface area contributed by atoms with Gasteiger partial charge in [-0.05, 0) is 33.1 Å². The minimum atomic E-state index is -0.884. The Labute approximate surface area is 121 Å². The largest absolute Gasteiger partial charge is 0.396 e. The van der Waals surface area contributed by atoms with E-state index < -0.39 is 11.1 Å². The third-order valence-corrected chi connectivity index (χ3v) is 5.25. The summed E-state index contributed by atoms with van der Waals surface area (Å²) in [6.07, 6.45) is 2.50. The van der Waals surface area contributed by atoms with Crippen molar-refractivity contribution in [3.05, 3.63) is 0 Å². The standard InChI is InChI=1S/C15H28N2O3/c1-13(2,7-8-18)17-12(19)15(16)10-6-5-9-20-11(10)14(15,3)4/h10-11,18H,5-9,16H2,1-4H3,(H,17,19). The minimum Gasteiger partial charge on any atom is -0.396 e. The highest BCUT2D eigenvalue weighted by Crippen LogP contribution is 2.57. The Morgan fingerprint density at radius 2 is 2.15 bits per heavy atom. The van der Waals surface area contributed by atoms with Crippen LogP contribution in [-0.4, -0.2) is 41.4 Å². The summed E-state index contributed by atoms with van der Waals surface area (Å²) < 4.78 is 5.82. The van der Waals surface area contributed by atoms with Crippen LogP contribution in [-0.2, 0) is 9.53 Å². The van der Waals surface area contributed by atoms with Crippen LogP contribution in [0.1, 0.15) is 47.0 Å². The molecule has 0 aromatic rings. The van der Waals surface area contributed by atoms with Gasteiger partial charge in [0.05, 0.1) is 6.10 Å². The molecule has 20 heavy (non-hydrogen) atoms. The van der Waals surface area contributed by atoms with Gasteiger partial charge in [0, 0.05) is 30.1 Å². The highest BCUT2D eigenvalue weighted by atomic mass is 16.5. The molecule has 0 bridgehead atoms. The molecule has 2 fully saturated rings. The van der Waals surface area contributed by atoms with Crippen LogP contribution in [0.25, 0.3) is 0 Å². The number of hydrogen-bond acceptors (Lipinski definition) is 4. The van der Waals surface area contributed by atoms with Crippen molar-refractivity contribution in [3.8, 4) is 0 Å². The summed E-state index contributed by atoms with van der Waals surface area (Å²) in [5, 5.41) is 12.1. The Morgan fingerprint density at radius 3 is 2.75 bits per heavy atom. The van der Waals surface area contributed by atoms with Gasteiger partial charge in [-0.1, -0.05) is 13.8 Å². The molecular formula is C15H28N2O3. The normalized spacial score (nSPS) is 35.9. The van der Waals surface area contributed by atoms with Crippen LogP contribution in [0.3, 0.4) is 0 Å². The molecule has 0 aromatic heterocycles. The molecule has 1 aliphatic heterocycles. The summed E-state index contributed by atoms with van der Waals surface area (Å²) in [7, 11) is 0. The van der Waals surface area contributed by atoms with Crippen molar-refractivity contribution in [3.63, 3.8) is 0 Å². The average Bonchev–Trinajstić information content (AvgIpc) is 2.36. The predicted molar refractivity (Wildman–Crippen MR) is 77.1 cm³/mol. The zero-order valence-electron chi connectivity index (χ0n) is 13.0. The summed E-state index contributed by atoms with van der Waals surface area (Å²) in [6, 6.07) is 0. The number of aliphatic hydroxyl groups excluding tert-OH is 1. The number of hydrogen-bond donors (Lipinski definition) is 3. The fourth-order valence-corrected chi connectivity index (χ4v) is 3.79. The van der Waals surface area contributed by atoms with Crippen LogP contribution in [0.15, 0.2) is 0 Å². The molecule has 3 atom stereocenters. The van der Waals surface area contributed by atoms with E-state index in [0.717, 1.165) is 19.4 Å². The van der Waals surface area contributed by atoms with Crippen LogP contribution in [0.5, 0.6) is 0 Å². The van der Waals surface area contributed by atoms with E-state index in [9.17, 15) is 4.79 Å². The molecule has 0 aromatic carbocycles. The third kappa shape index (κ3) is 2.16. The van der Waals surface area contributed by atoms with Gasteiger partial charge in [-0.2, -0.15) is 0 Å². The van der Waals surface area contributed by atoms with Gasteiger partial charge < -0.3 is 20.9 Å². The zero-order chi connectivity index (χ0) is 15.2. The van der Waals surface area contributed by atoms with Gasteiger partial charge in [0.2, 0.25) is 5.91 Å². The van der Waals surface area contributed by atoms with Crippen molar-refractivity contribution in [1.82, 2.24) is 5.32 Å². The molecule has 5 heteroatoms. The van der Waals surface area contributed by atoms with Crippen molar-refractivity contribution in [1.29, 1.82) is 0 Å². The first-order valence-corrected chi connectivity index (χ1v) is 7.51. The van der Waals surface area contributed by atoms with Crippen molar-refractivity contribution >= 4 is 5.91 Å². The van der Waals surface area contributed by atoms with Crippen LogP contribution >= 0.6 is 0 Å². The highest BCUT2D eigenvalue weighted by Gasteiger charge is 2.70. The van der Waals surface area contributed by atoms with E-state index in [2.05, 4.69) is 5.32 Å². The van der Waals surface area contributed by atoms with Gasteiger partial charge in [-0.15, -0.1) is 0 Å². The lowest BCUT2D eigenvalue weighted by Crippen LogP contribution is -2.83. The van der Waals surface area contributed by atoms with Crippen LogP contribution in [0, 0.1) is 11.3 Å². The molecule has 1 amide bonds. The first-order chi connectivity index (χ1) is 9.17. The number of carbonyl (C=O) groups is 1. The van der Waals surface area contributed by atoms with E-state index in [4.69, 9.17) is 15.6 Å². The van der Waals surface area contributed by atoms with E-state index >= 15 is 0 Å². The lowest BCUT2D eigenvalue weighted by Gasteiger charge is -2.65. The van der Waals surface area contributed by atoms with Crippen molar-refractivity contribution in [2.24, 2.45) is 17.1 Å². The van der Waals surface area contributed by atoms with Crippen molar-refractivity contribution in [2.45, 2.75) is 64.1 Å². The topological polar surface area (TPSA) is 84.6 Å². The minimum absolute atomic E-state index is 0.0450. The van der Waals surface area contributed by atoms with E-state index in [1.54, 1.807) is 0 Å². The fourth-order valence-electron chi connectivity index (χ4n) is 3.79. The Kier molecular flexibility index (Phi) is 3.91. The Hall–Kier alpha value is -0.650. The summed E-state index contributed by atoms with van der Waals surface area (Å²) in [4.78, 5) is 12.7. The van der Waals surface area contributed by atoms with E-state index in [-0.39, 0.29) is 30.0 Å². The lowest BCUT2D eigenvalue weighted by molar-refractivity contribution is -0.225. The third-order valence-electron chi connectivity index (χ3n) is 5.25. The van der Waals surface area contributed by atoms with Crippen molar-refractivity contribution in [2.75, 3.05) is 13.2 Å². The van der Waals surface area contributed by atoms with Gasteiger partial charge in [-0.25, -0.2) is 0 Å². The molecule has 0 radical (unpaired) electrons. The molecule has 3 unspecified atom stereocenters. The summed E-state index contributed by atoms with van der Waals surface area (Å²) >= 11 is 0. The lowest BCUT2D eigenvalue weighted by atomic mass is 9.46. The summed E-state index contributed by atoms with van der Waals surface area (Å²) in [5.74, 6) is -0.0242. The smallest absolute Gasteiger partial charge is 0.241 e. The molecule has 1 heterocycles. The van der Waals surface area contributed by atoms with E-state index in [1.165, 1.54) is 0 Å². The van der Waals surface area contributed by atoms with Gasteiger partial charge in [0.25, 0.3) is 0 Å². The number of fused-ring (bicyclic) bond motifs is 1. The number of amides is 1. The van der Waals surface area contributed by atoms with Crippen LogP contribution in [0.4, 0.5) is 0 Å². The second-order valence-electron chi connectivity index (χ2n) is 7.44. The van der Waals surface area contributed by atoms with Crippen LogP contribution in [0.2, 0.25) is 0 Å². The number of rotatable bonds is 4. The van der Waals surface area contributed by atoms with E-state index in [1.807, 2.05) is 27.7 Å². The fraction of sp³-hybridized carbons (Fsp3) is 0.933. The van der Waals surface area contributed by atoms with Crippen LogP contribution < -0.4 is 11.1 Å². The quantitative estimate of drug-likeness (QED) is 0.713. The maximum atomic E-state index is 12.7. The summed E-state index contributed by atoms with van der Waals surface area (Å²) in [6.45, 7) is 8.65. The van der Waals surface area contributed by atoms with Gasteiger partial charge in [0.1, 0.15) is 5.54 Å². The zero-order valence-corrected chi connectivity index (χ0v) is 13.0. The predicted octanol–water partition coefficient (Wildman–Crippen LogP) is 0.796. The molecule has 2 rings (SSSR count).